The van der Waals surface area contributed by atoms with E-state index in [-0.39, 0.29) is 0 Å². The van der Waals surface area contributed by atoms with E-state index in [0.29, 0.717) is 24.9 Å². The highest BCUT2D eigenvalue weighted by atomic mass is 16.4. The monoisotopic (exact) mass is 157 g/mol. The second-order valence-electron chi connectivity index (χ2n) is 3.63. The maximum atomic E-state index is 10.6. The lowest BCUT2D eigenvalue weighted by atomic mass is 9.92. The highest BCUT2D eigenvalue weighted by molar-refractivity contribution is 5.65. The van der Waals surface area contributed by atoms with Gasteiger partial charge in [0.15, 0.2) is 0 Å². The molecule has 1 fully saturated rings. The Morgan fingerprint density at radius 2 is 1.82 bits per heavy atom. The Morgan fingerprint density at radius 3 is 2.18 bits per heavy atom. The third-order valence-electron chi connectivity index (χ3n) is 2.14. The van der Waals surface area contributed by atoms with Crippen molar-refractivity contribution in [1.29, 1.82) is 0 Å². The van der Waals surface area contributed by atoms with E-state index in [1.807, 2.05) is 0 Å². The SMILES string of the molecule is CC1CC(C)CN(C(=O)O)C1. The van der Waals surface area contributed by atoms with Gasteiger partial charge in [-0.25, -0.2) is 4.79 Å². The molecular weight excluding hydrogens is 142 g/mol. The normalized spacial score (nSPS) is 32.0. The van der Waals surface area contributed by atoms with Gasteiger partial charge in [-0.2, -0.15) is 0 Å². The van der Waals surface area contributed by atoms with Crippen LogP contribution in [0.3, 0.4) is 0 Å². The quantitative estimate of drug-likeness (QED) is 0.580. The molecule has 0 aromatic heterocycles. The van der Waals surface area contributed by atoms with Gasteiger partial charge in [0.1, 0.15) is 0 Å². The molecule has 0 aromatic rings. The zero-order chi connectivity index (χ0) is 8.43. The van der Waals surface area contributed by atoms with Crippen LogP contribution in [0.4, 0.5) is 4.79 Å². The van der Waals surface area contributed by atoms with Crippen molar-refractivity contribution < 1.29 is 9.90 Å². The molecule has 2 atom stereocenters. The summed E-state index contributed by atoms with van der Waals surface area (Å²) in [4.78, 5) is 12.1. The minimum absolute atomic E-state index is 0.523. The Balaban J connectivity index is 2.49. The first-order chi connectivity index (χ1) is 5.09. The van der Waals surface area contributed by atoms with Gasteiger partial charge >= 0.3 is 6.09 Å². The largest absolute Gasteiger partial charge is 0.465 e. The maximum absolute atomic E-state index is 10.6. The van der Waals surface area contributed by atoms with Gasteiger partial charge in [-0.3, -0.25) is 0 Å². The number of carboxylic acid groups (broad SMARTS) is 1. The van der Waals surface area contributed by atoms with E-state index in [1.54, 1.807) is 0 Å². The summed E-state index contributed by atoms with van der Waals surface area (Å²) < 4.78 is 0. The summed E-state index contributed by atoms with van der Waals surface area (Å²) in [5, 5.41) is 8.70. The van der Waals surface area contributed by atoms with Crippen molar-refractivity contribution in [2.75, 3.05) is 13.1 Å². The molecule has 1 aliphatic rings. The van der Waals surface area contributed by atoms with Gasteiger partial charge in [0.25, 0.3) is 0 Å². The van der Waals surface area contributed by atoms with Crippen LogP contribution in [0.5, 0.6) is 0 Å². The van der Waals surface area contributed by atoms with Crippen LogP contribution in [0, 0.1) is 11.8 Å². The first-order valence-electron chi connectivity index (χ1n) is 4.07. The first-order valence-corrected chi connectivity index (χ1v) is 4.07. The molecule has 1 amide bonds. The second kappa shape index (κ2) is 3.11. The molecule has 1 saturated heterocycles. The minimum atomic E-state index is -0.775. The van der Waals surface area contributed by atoms with Crippen LogP contribution in [0.1, 0.15) is 20.3 Å². The molecule has 1 aliphatic heterocycles. The Labute approximate surface area is 67.0 Å². The molecule has 1 N–H and O–H groups in total. The summed E-state index contributed by atoms with van der Waals surface area (Å²) in [7, 11) is 0. The van der Waals surface area contributed by atoms with Gasteiger partial charge in [-0.1, -0.05) is 13.8 Å². The van der Waals surface area contributed by atoms with Crippen molar-refractivity contribution in [1.82, 2.24) is 4.90 Å². The number of piperidine rings is 1. The summed E-state index contributed by atoms with van der Waals surface area (Å²) in [6, 6.07) is 0. The van der Waals surface area contributed by atoms with Crippen LogP contribution >= 0.6 is 0 Å². The van der Waals surface area contributed by atoms with Crippen LogP contribution in [-0.4, -0.2) is 29.2 Å². The highest BCUT2D eigenvalue weighted by Gasteiger charge is 2.24. The van der Waals surface area contributed by atoms with E-state index in [9.17, 15) is 4.79 Å². The first kappa shape index (κ1) is 8.37. The van der Waals surface area contributed by atoms with E-state index >= 15 is 0 Å². The summed E-state index contributed by atoms with van der Waals surface area (Å²) in [5.41, 5.74) is 0. The highest BCUT2D eigenvalue weighted by Crippen LogP contribution is 2.20. The maximum Gasteiger partial charge on any atom is 0.407 e. The summed E-state index contributed by atoms with van der Waals surface area (Å²) in [6.07, 6.45) is 0.382. The number of nitrogens with zero attached hydrogens (tertiary/aromatic N) is 1. The lowest BCUT2D eigenvalue weighted by Crippen LogP contribution is -2.41. The van der Waals surface area contributed by atoms with E-state index in [1.165, 1.54) is 4.90 Å². The fourth-order valence-corrected chi connectivity index (χ4v) is 1.82. The number of hydrogen-bond donors (Lipinski definition) is 1. The Kier molecular flexibility index (Phi) is 2.37. The van der Waals surface area contributed by atoms with Crippen LogP contribution in [-0.2, 0) is 0 Å². The van der Waals surface area contributed by atoms with Crippen molar-refractivity contribution in [3.63, 3.8) is 0 Å². The second-order valence-corrected chi connectivity index (χ2v) is 3.63. The van der Waals surface area contributed by atoms with Gasteiger partial charge < -0.3 is 10.0 Å². The summed E-state index contributed by atoms with van der Waals surface area (Å²) in [5.74, 6) is 1.05. The van der Waals surface area contributed by atoms with Gasteiger partial charge in [-0.15, -0.1) is 0 Å². The van der Waals surface area contributed by atoms with Gasteiger partial charge in [0, 0.05) is 13.1 Å². The lowest BCUT2D eigenvalue weighted by Gasteiger charge is -2.32. The van der Waals surface area contributed by atoms with Crippen LogP contribution in [0.25, 0.3) is 0 Å². The zero-order valence-corrected chi connectivity index (χ0v) is 7.08. The molecule has 0 spiro atoms. The van der Waals surface area contributed by atoms with Crippen LogP contribution in [0.2, 0.25) is 0 Å². The van der Waals surface area contributed by atoms with E-state index in [2.05, 4.69) is 13.8 Å². The average Bonchev–Trinajstić information content (AvgIpc) is 1.85. The average molecular weight is 157 g/mol. The van der Waals surface area contributed by atoms with Crippen molar-refractivity contribution in [2.45, 2.75) is 20.3 Å². The predicted octanol–water partition coefficient (Wildman–Crippen LogP) is 1.64. The van der Waals surface area contributed by atoms with Gasteiger partial charge in [-0.05, 0) is 18.3 Å². The molecule has 0 aliphatic carbocycles. The fraction of sp³-hybridized carbons (Fsp3) is 0.875. The van der Waals surface area contributed by atoms with Gasteiger partial charge in [0.05, 0.1) is 0 Å². The number of likely N-dealkylation sites (tertiary alicyclic amines) is 1. The molecule has 0 radical (unpaired) electrons. The van der Waals surface area contributed by atoms with Crippen molar-refractivity contribution >= 4 is 6.09 Å². The van der Waals surface area contributed by atoms with E-state index in [0.717, 1.165) is 6.42 Å². The number of rotatable bonds is 0. The lowest BCUT2D eigenvalue weighted by molar-refractivity contribution is 0.106. The van der Waals surface area contributed by atoms with Crippen molar-refractivity contribution in [3.05, 3.63) is 0 Å². The number of carbonyl (C=O) groups is 1. The third-order valence-corrected chi connectivity index (χ3v) is 2.14. The molecule has 0 bridgehead atoms. The van der Waals surface area contributed by atoms with Crippen LogP contribution in [0.15, 0.2) is 0 Å². The standard InChI is InChI=1S/C8H15NO2/c1-6-3-7(2)5-9(4-6)8(10)11/h6-7H,3-5H2,1-2H3,(H,10,11). The van der Waals surface area contributed by atoms with Crippen LogP contribution < -0.4 is 0 Å². The topological polar surface area (TPSA) is 40.5 Å². The molecule has 0 saturated carbocycles. The van der Waals surface area contributed by atoms with E-state index < -0.39 is 6.09 Å². The summed E-state index contributed by atoms with van der Waals surface area (Å²) >= 11 is 0. The molecule has 1 rings (SSSR count). The predicted molar refractivity (Wildman–Crippen MR) is 42.5 cm³/mol. The molecule has 3 heteroatoms. The molecular formula is C8H15NO2. The minimum Gasteiger partial charge on any atom is -0.465 e. The molecule has 11 heavy (non-hydrogen) atoms. The van der Waals surface area contributed by atoms with Crippen molar-refractivity contribution in [3.8, 4) is 0 Å². The molecule has 0 aromatic carbocycles. The third kappa shape index (κ3) is 2.10. The Hall–Kier alpha value is -0.730. The molecule has 1 heterocycles. The number of hydrogen-bond acceptors (Lipinski definition) is 1. The zero-order valence-electron chi connectivity index (χ0n) is 7.08. The van der Waals surface area contributed by atoms with Crippen molar-refractivity contribution in [2.24, 2.45) is 11.8 Å². The van der Waals surface area contributed by atoms with Gasteiger partial charge in [0.2, 0.25) is 0 Å². The molecule has 3 nitrogen and oxygen atoms in total. The molecule has 2 unspecified atom stereocenters. The Bertz CT molecular complexity index is 148. The Morgan fingerprint density at radius 1 is 1.36 bits per heavy atom. The summed E-state index contributed by atoms with van der Waals surface area (Å²) in [6.45, 7) is 5.62. The fourth-order valence-electron chi connectivity index (χ4n) is 1.82. The molecule has 64 valence electrons. The van der Waals surface area contributed by atoms with E-state index in [4.69, 9.17) is 5.11 Å². The number of amides is 1. The smallest absolute Gasteiger partial charge is 0.407 e.